The molecular weight excluding hydrogens is 296 g/mol. The van der Waals surface area contributed by atoms with Crippen molar-refractivity contribution in [3.8, 4) is 11.3 Å². The first kappa shape index (κ1) is 14.5. The minimum absolute atomic E-state index is 0.131. The van der Waals surface area contributed by atoms with Gasteiger partial charge in [0.25, 0.3) is 5.91 Å². The molecule has 0 bridgehead atoms. The lowest BCUT2D eigenvalue weighted by molar-refractivity contribution is -0.119. The summed E-state index contributed by atoms with van der Waals surface area (Å²) in [6.07, 6.45) is 3.42. The van der Waals surface area contributed by atoms with Crippen LogP contribution < -0.4 is 5.32 Å². The van der Waals surface area contributed by atoms with Gasteiger partial charge >= 0.3 is 0 Å². The molecule has 1 amide bonds. The van der Waals surface area contributed by atoms with Gasteiger partial charge in [0.05, 0.1) is 5.69 Å². The van der Waals surface area contributed by atoms with Gasteiger partial charge in [0.2, 0.25) is 0 Å². The van der Waals surface area contributed by atoms with Gasteiger partial charge in [0, 0.05) is 23.3 Å². The Balaban J connectivity index is 1.71. The zero-order chi connectivity index (χ0) is 15.5. The third-order valence-electron chi connectivity index (χ3n) is 3.38. The molecule has 0 aliphatic heterocycles. The van der Waals surface area contributed by atoms with Crippen LogP contribution in [0.1, 0.15) is 18.5 Å². The van der Waals surface area contributed by atoms with Crippen molar-refractivity contribution in [2.45, 2.75) is 19.9 Å². The third-order valence-corrected chi connectivity index (χ3v) is 4.14. The number of benzene rings is 1. The van der Waals surface area contributed by atoms with Crippen molar-refractivity contribution in [3.05, 3.63) is 53.7 Å². The molecule has 3 aromatic rings. The number of carbonyl (C=O) groups excluding carboxylic acids is 1. The quantitative estimate of drug-likeness (QED) is 0.802. The van der Waals surface area contributed by atoms with E-state index in [-0.39, 0.29) is 11.9 Å². The number of carbonyl (C=O) groups is 1. The predicted molar refractivity (Wildman–Crippen MR) is 87.9 cm³/mol. The van der Waals surface area contributed by atoms with E-state index in [1.807, 2.05) is 36.6 Å². The van der Waals surface area contributed by atoms with Gasteiger partial charge in [-0.05, 0) is 19.9 Å². The molecule has 3 rings (SSSR count). The highest BCUT2D eigenvalue weighted by molar-refractivity contribution is 7.14. The Hall–Kier alpha value is -2.47. The maximum Gasteiger partial charge on any atom is 0.250 e. The average Bonchev–Trinajstić information content (AvgIpc) is 3.18. The van der Waals surface area contributed by atoms with Crippen molar-refractivity contribution in [1.82, 2.24) is 14.8 Å². The molecule has 1 N–H and O–H groups in total. The Morgan fingerprint density at radius 2 is 2.09 bits per heavy atom. The minimum Gasteiger partial charge on any atom is -0.300 e. The number of hydrogen-bond donors (Lipinski definition) is 1. The highest BCUT2D eigenvalue weighted by atomic mass is 32.1. The highest BCUT2D eigenvalue weighted by Crippen LogP contribution is 2.25. The lowest BCUT2D eigenvalue weighted by atomic mass is 10.1. The van der Waals surface area contributed by atoms with Crippen LogP contribution >= 0.6 is 11.3 Å². The van der Waals surface area contributed by atoms with Crippen LogP contribution in [0, 0.1) is 6.92 Å². The Labute approximate surface area is 132 Å². The molecule has 5 nitrogen and oxygen atoms in total. The molecule has 0 saturated heterocycles. The van der Waals surface area contributed by atoms with E-state index in [0.717, 1.165) is 11.3 Å². The molecule has 6 heteroatoms. The van der Waals surface area contributed by atoms with E-state index < -0.39 is 0 Å². The van der Waals surface area contributed by atoms with Gasteiger partial charge in [0.1, 0.15) is 6.04 Å². The van der Waals surface area contributed by atoms with Crippen molar-refractivity contribution in [1.29, 1.82) is 0 Å². The fourth-order valence-corrected chi connectivity index (χ4v) is 2.75. The Morgan fingerprint density at radius 3 is 2.77 bits per heavy atom. The number of aromatic nitrogens is 3. The number of nitrogens with one attached hydrogen (secondary N) is 1. The van der Waals surface area contributed by atoms with Crippen LogP contribution in [0.5, 0.6) is 0 Å². The first-order valence-electron chi connectivity index (χ1n) is 6.96. The van der Waals surface area contributed by atoms with E-state index in [2.05, 4.69) is 15.4 Å². The molecule has 22 heavy (non-hydrogen) atoms. The van der Waals surface area contributed by atoms with Gasteiger partial charge in [-0.2, -0.15) is 5.10 Å². The van der Waals surface area contributed by atoms with Crippen LogP contribution in [-0.4, -0.2) is 20.7 Å². The maximum absolute atomic E-state index is 12.2. The fourth-order valence-electron chi connectivity index (χ4n) is 2.03. The zero-order valence-electron chi connectivity index (χ0n) is 12.4. The topological polar surface area (TPSA) is 59.8 Å². The molecule has 2 heterocycles. The van der Waals surface area contributed by atoms with Crippen molar-refractivity contribution in [2.75, 3.05) is 5.32 Å². The van der Waals surface area contributed by atoms with E-state index in [1.54, 1.807) is 30.1 Å². The number of nitrogens with zero attached hydrogens (tertiary/aromatic N) is 3. The lowest BCUT2D eigenvalue weighted by Crippen LogP contribution is -2.23. The van der Waals surface area contributed by atoms with Gasteiger partial charge in [-0.1, -0.05) is 29.8 Å². The second-order valence-electron chi connectivity index (χ2n) is 5.06. The Bertz CT molecular complexity index is 762. The number of aryl methyl sites for hydroxylation is 1. The molecule has 0 spiro atoms. The summed E-state index contributed by atoms with van der Waals surface area (Å²) in [5.41, 5.74) is 3.12. The van der Waals surface area contributed by atoms with E-state index in [1.165, 1.54) is 16.9 Å². The molecule has 0 radical (unpaired) electrons. The van der Waals surface area contributed by atoms with Crippen LogP contribution in [-0.2, 0) is 4.79 Å². The minimum atomic E-state index is -0.373. The van der Waals surface area contributed by atoms with Crippen molar-refractivity contribution in [2.24, 2.45) is 0 Å². The zero-order valence-corrected chi connectivity index (χ0v) is 13.2. The molecule has 112 valence electrons. The van der Waals surface area contributed by atoms with E-state index in [4.69, 9.17) is 0 Å². The van der Waals surface area contributed by atoms with Gasteiger partial charge < -0.3 is 5.32 Å². The molecule has 1 atom stereocenters. The van der Waals surface area contributed by atoms with Gasteiger partial charge in [0.15, 0.2) is 5.13 Å². The van der Waals surface area contributed by atoms with Crippen molar-refractivity contribution >= 4 is 22.4 Å². The maximum atomic E-state index is 12.2. The summed E-state index contributed by atoms with van der Waals surface area (Å²) in [7, 11) is 0. The lowest BCUT2D eigenvalue weighted by Gasteiger charge is -2.10. The van der Waals surface area contributed by atoms with Crippen LogP contribution in [0.4, 0.5) is 5.13 Å². The summed E-state index contributed by atoms with van der Waals surface area (Å²) in [5.74, 6) is -0.131. The van der Waals surface area contributed by atoms with Gasteiger partial charge in [-0.15, -0.1) is 11.3 Å². The second kappa shape index (κ2) is 6.11. The summed E-state index contributed by atoms with van der Waals surface area (Å²) in [6.45, 7) is 3.85. The Kier molecular flexibility index (Phi) is 4.02. The largest absolute Gasteiger partial charge is 0.300 e. The van der Waals surface area contributed by atoms with Crippen LogP contribution in [0.15, 0.2) is 48.1 Å². The number of hydrogen-bond acceptors (Lipinski definition) is 4. The van der Waals surface area contributed by atoms with Crippen LogP contribution in [0.2, 0.25) is 0 Å². The highest BCUT2D eigenvalue weighted by Gasteiger charge is 2.16. The van der Waals surface area contributed by atoms with E-state index >= 15 is 0 Å². The smallest absolute Gasteiger partial charge is 0.250 e. The third kappa shape index (κ3) is 3.07. The monoisotopic (exact) mass is 312 g/mol. The fraction of sp³-hybridized carbons (Fsp3) is 0.188. The molecule has 0 saturated carbocycles. The summed E-state index contributed by atoms with van der Waals surface area (Å²) >= 11 is 1.42. The van der Waals surface area contributed by atoms with Gasteiger partial charge in [-0.25, -0.2) is 4.98 Å². The summed E-state index contributed by atoms with van der Waals surface area (Å²) in [6, 6.07) is 9.58. The first-order chi connectivity index (χ1) is 10.6. The number of rotatable bonds is 4. The normalized spacial score (nSPS) is 12.1. The molecule has 0 aliphatic carbocycles. The standard InChI is InChI=1S/C16H16N4OS/c1-11-4-6-13(7-5-11)14-10-22-16(18-14)19-15(21)12(2)20-9-3-8-17-20/h3-10,12H,1-2H3,(H,18,19,21). The second-order valence-corrected chi connectivity index (χ2v) is 5.91. The predicted octanol–water partition coefficient (Wildman–Crippen LogP) is 3.51. The first-order valence-corrected chi connectivity index (χ1v) is 7.84. The van der Waals surface area contributed by atoms with E-state index in [9.17, 15) is 4.79 Å². The number of anilines is 1. The molecule has 2 aromatic heterocycles. The van der Waals surface area contributed by atoms with Crippen molar-refractivity contribution < 1.29 is 4.79 Å². The van der Waals surface area contributed by atoms with Crippen molar-refractivity contribution in [3.63, 3.8) is 0 Å². The van der Waals surface area contributed by atoms with Crippen LogP contribution in [0.25, 0.3) is 11.3 Å². The molecule has 0 aliphatic rings. The number of amides is 1. The average molecular weight is 312 g/mol. The van der Waals surface area contributed by atoms with E-state index in [0.29, 0.717) is 5.13 Å². The molecular formula is C16H16N4OS. The molecule has 0 fully saturated rings. The summed E-state index contributed by atoms with van der Waals surface area (Å²) in [4.78, 5) is 16.7. The van der Waals surface area contributed by atoms with Gasteiger partial charge in [-0.3, -0.25) is 9.48 Å². The number of thiazole rings is 1. The summed E-state index contributed by atoms with van der Waals surface area (Å²) in [5, 5.41) is 9.46. The molecule has 1 unspecified atom stereocenters. The van der Waals surface area contributed by atoms with Crippen LogP contribution in [0.3, 0.4) is 0 Å². The summed E-state index contributed by atoms with van der Waals surface area (Å²) < 4.78 is 1.61. The SMILES string of the molecule is Cc1ccc(-c2csc(NC(=O)C(C)n3cccn3)n2)cc1. The molecule has 1 aromatic carbocycles. The Morgan fingerprint density at radius 1 is 1.32 bits per heavy atom.